The molecule has 4 rings (SSSR count). The summed E-state index contributed by atoms with van der Waals surface area (Å²) in [5, 5.41) is 18.7. The Bertz CT molecular complexity index is 1290. The third kappa shape index (κ3) is 4.46. The van der Waals surface area contributed by atoms with Crippen molar-refractivity contribution in [2.45, 2.75) is 6.61 Å². The number of aromatic carboxylic acids is 1. The van der Waals surface area contributed by atoms with E-state index < -0.39 is 5.97 Å². The Labute approximate surface area is 178 Å². The molecular weight excluding hydrogens is 395 g/mol. The maximum atomic E-state index is 13.3. The normalized spacial score (nSPS) is 10.5. The van der Waals surface area contributed by atoms with Crippen molar-refractivity contribution in [3.63, 3.8) is 0 Å². The highest BCUT2D eigenvalue weighted by molar-refractivity contribution is 5.87. The van der Waals surface area contributed by atoms with Crippen LogP contribution in [0.2, 0.25) is 0 Å². The molecule has 0 aliphatic rings. The molecule has 0 unspecified atom stereocenters. The van der Waals surface area contributed by atoms with Crippen LogP contribution in [0.15, 0.2) is 85.2 Å². The first-order chi connectivity index (χ1) is 15.0. The average molecular weight is 412 g/mol. The summed E-state index contributed by atoms with van der Waals surface area (Å²) >= 11 is 0. The summed E-state index contributed by atoms with van der Waals surface area (Å²) in [6, 6.07) is 22.2. The van der Waals surface area contributed by atoms with Crippen molar-refractivity contribution in [3.05, 3.63) is 108 Å². The maximum Gasteiger partial charge on any atom is 0.335 e. The Morgan fingerprint density at radius 2 is 1.81 bits per heavy atom. The summed E-state index contributed by atoms with van der Waals surface area (Å²) in [7, 11) is 0. The number of nitriles is 1. The smallest absolute Gasteiger partial charge is 0.335 e. The van der Waals surface area contributed by atoms with Crippen molar-refractivity contribution >= 4 is 5.97 Å². The van der Waals surface area contributed by atoms with Crippen LogP contribution >= 0.6 is 0 Å². The molecule has 0 saturated heterocycles. The van der Waals surface area contributed by atoms with Gasteiger partial charge in [-0.25, -0.2) is 9.18 Å². The molecule has 0 radical (unpaired) electrons. The minimum absolute atomic E-state index is 0.194. The molecule has 3 aromatic carbocycles. The second-order valence-electron chi connectivity index (χ2n) is 6.90. The molecule has 1 aromatic heterocycles. The molecule has 0 aliphatic carbocycles. The van der Waals surface area contributed by atoms with Gasteiger partial charge in [0, 0.05) is 23.6 Å². The van der Waals surface area contributed by atoms with Gasteiger partial charge in [0.05, 0.1) is 11.1 Å². The summed E-state index contributed by atoms with van der Waals surface area (Å²) in [6.45, 7) is 0.225. The molecule has 0 amide bonds. The van der Waals surface area contributed by atoms with Gasteiger partial charge >= 0.3 is 5.97 Å². The molecule has 1 heterocycles. The lowest BCUT2D eigenvalue weighted by Gasteiger charge is -2.08. The van der Waals surface area contributed by atoms with E-state index in [0.29, 0.717) is 11.3 Å². The Hall–Kier alpha value is -4.37. The first kappa shape index (κ1) is 19.9. The summed E-state index contributed by atoms with van der Waals surface area (Å²) < 4.78 is 20.9. The third-order valence-electron chi connectivity index (χ3n) is 4.80. The van der Waals surface area contributed by atoms with Gasteiger partial charge in [0.25, 0.3) is 0 Å². The quantitative estimate of drug-likeness (QED) is 0.458. The number of hydrogen-bond donors (Lipinski definition) is 1. The molecule has 0 fully saturated rings. The summed E-state index contributed by atoms with van der Waals surface area (Å²) in [5.41, 5.74) is 3.66. The highest BCUT2D eigenvalue weighted by Gasteiger charge is 2.12. The molecule has 152 valence electrons. The van der Waals surface area contributed by atoms with Gasteiger partial charge in [0.15, 0.2) is 0 Å². The van der Waals surface area contributed by atoms with Gasteiger partial charge in [0.2, 0.25) is 0 Å². The van der Waals surface area contributed by atoms with Crippen molar-refractivity contribution in [1.82, 2.24) is 4.57 Å². The topological polar surface area (TPSA) is 75.2 Å². The highest BCUT2D eigenvalue weighted by Crippen LogP contribution is 2.29. The number of hydrogen-bond acceptors (Lipinski definition) is 3. The van der Waals surface area contributed by atoms with Crippen molar-refractivity contribution in [2.75, 3.05) is 0 Å². The van der Waals surface area contributed by atoms with E-state index in [0.717, 1.165) is 22.4 Å². The minimum Gasteiger partial charge on any atom is -0.489 e. The van der Waals surface area contributed by atoms with E-state index in [1.807, 2.05) is 24.4 Å². The second kappa shape index (κ2) is 8.56. The molecule has 31 heavy (non-hydrogen) atoms. The van der Waals surface area contributed by atoms with E-state index in [1.54, 1.807) is 41.1 Å². The van der Waals surface area contributed by atoms with Crippen LogP contribution < -0.4 is 4.74 Å². The number of carboxylic acid groups (broad SMARTS) is 1. The lowest BCUT2D eigenvalue weighted by Crippen LogP contribution is -1.97. The fourth-order valence-corrected chi connectivity index (χ4v) is 3.25. The number of halogens is 1. The van der Waals surface area contributed by atoms with Crippen LogP contribution in [0, 0.1) is 17.1 Å². The van der Waals surface area contributed by atoms with Crippen molar-refractivity contribution < 1.29 is 19.0 Å². The standard InChI is InChI=1S/C25H17FN2O3/c26-21-5-1-3-17(11-21)16-31-23-6-2-4-19(12-23)24-15-28(14-20(24)13-27)22-9-7-18(8-10-22)25(29)30/h1-12,14-15H,16H2,(H,29,30). The zero-order valence-electron chi connectivity index (χ0n) is 16.3. The van der Waals surface area contributed by atoms with Crippen molar-refractivity contribution in [2.24, 2.45) is 0 Å². The first-order valence-corrected chi connectivity index (χ1v) is 9.47. The Morgan fingerprint density at radius 1 is 1.03 bits per heavy atom. The number of benzene rings is 3. The predicted octanol–water partition coefficient (Wildman–Crippen LogP) is 5.43. The number of aromatic nitrogens is 1. The predicted molar refractivity (Wildman–Crippen MR) is 114 cm³/mol. The van der Waals surface area contributed by atoms with Gasteiger partial charge in [-0.1, -0.05) is 24.3 Å². The van der Waals surface area contributed by atoms with Crippen molar-refractivity contribution in [1.29, 1.82) is 5.26 Å². The van der Waals surface area contributed by atoms with Crippen LogP contribution in [0.25, 0.3) is 16.8 Å². The van der Waals surface area contributed by atoms with E-state index in [9.17, 15) is 14.4 Å². The van der Waals surface area contributed by atoms with Gasteiger partial charge in [-0.15, -0.1) is 0 Å². The molecule has 0 bridgehead atoms. The van der Waals surface area contributed by atoms with Crippen LogP contribution in [0.4, 0.5) is 4.39 Å². The fraction of sp³-hybridized carbons (Fsp3) is 0.0400. The number of ether oxygens (including phenoxy) is 1. The number of carbonyl (C=O) groups is 1. The highest BCUT2D eigenvalue weighted by atomic mass is 19.1. The van der Waals surface area contributed by atoms with Gasteiger partial charge in [-0.05, 0) is 59.7 Å². The lowest BCUT2D eigenvalue weighted by atomic mass is 10.1. The number of nitrogens with zero attached hydrogens (tertiary/aromatic N) is 2. The van der Waals surface area contributed by atoms with Gasteiger partial charge < -0.3 is 14.4 Å². The third-order valence-corrected chi connectivity index (χ3v) is 4.80. The largest absolute Gasteiger partial charge is 0.489 e. The molecule has 1 N–H and O–H groups in total. The molecule has 4 aromatic rings. The van der Waals surface area contributed by atoms with Crippen LogP contribution in [0.3, 0.4) is 0 Å². The maximum absolute atomic E-state index is 13.3. The zero-order chi connectivity index (χ0) is 21.8. The molecule has 0 spiro atoms. The van der Waals surface area contributed by atoms with E-state index in [2.05, 4.69) is 6.07 Å². The molecule has 0 atom stereocenters. The Morgan fingerprint density at radius 3 is 2.52 bits per heavy atom. The Balaban J connectivity index is 1.60. The lowest BCUT2D eigenvalue weighted by molar-refractivity contribution is 0.0697. The number of rotatable bonds is 6. The number of carboxylic acids is 1. The van der Waals surface area contributed by atoms with Crippen LogP contribution in [-0.4, -0.2) is 15.6 Å². The van der Waals surface area contributed by atoms with E-state index in [-0.39, 0.29) is 18.0 Å². The first-order valence-electron chi connectivity index (χ1n) is 9.47. The van der Waals surface area contributed by atoms with Gasteiger partial charge in [0.1, 0.15) is 24.2 Å². The molecule has 0 aliphatic heterocycles. The van der Waals surface area contributed by atoms with E-state index in [4.69, 9.17) is 9.84 Å². The van der Waals surface area contributed by atoms with E-state index >= 15 is 0 Å². The summed E-state index contributed by atoms with van der Waals surface area (Å²) in [4.78, 5) is 11.1. The van der Waals surface area contributed by atoms with E-state index in [1.165, 1.54) is 24.3 Å². The monoisotopic (exact) mass is 412 g/mol. The zero-order valence-corrected chi connectivity index (χ0v) is 16.3. The molecular formula is C25H17FN2O3. The fourth-order valence-electron chi connectivity index (χ4n) is 3.25. The molecule has 6 heteroatoms. The van der Waals surface area contributed by atoms with Crippen molar-refractivity contribution in [3.8, 4) is 28.6 Å². The van der Waals surface area contributed by atoms with Crippen LogP contribution in [0.5, 0.6) is 5.75 Å². The van der Waals surface area contributed by atoms with Crippen LogP contribution in [0.1, 0.15) is 21.5 Å². The second-order valence-corrected chi connectivity index (χ2v) is 6.90. The Kier molecular flexibility index (Phi) is 5.50. The van der Waals surface area contributed by atoms with Gasteiger partial charge in [-0.2, -0.15) is 5.26 Å². The summed E-state index contributed by atoms with van der Waals surface area (Å²) in [5.74, 6) is -0.706. The van der Waals surface area contributed by atoms with Gasteiger partial charge in [-0.3, -0.25) is 0 Å². The molecule has 0 saturated carbocycles. The average Bonchev–Trinajstić information content (AvgIpc) is 3.23. The molecule has 5 nitrogen and oxygen atoms in total. The SMILES string of the molecule is N#Cc1cn(-c2ccc(C(=O)O)cc2)cc1-c1cccc(OCc2cccc(F)c2)c1. The summed E-state index contributed by atoms with van der Waals surface area (Å²) in [6.07, 6.45) is 3.52. The van der Waals surface area contributed by atoms with Crippen LogP contribution in [-0.2, 0) is 6.61 Å². The minimum atomic E-state index is -0.993.